The molecule has 45 heavy (non-hydrogen) atoms. The number of fused-ring (bicyclic) bond motifs is 7. The first-order chi connectivity index (χ1) is 21.2. The fourth-order valence-corrected chi connectivity index (χ4v) is 13.1. The third-order valence-electron chi connectivity index (χ3n) is 15.4. The van der Waals surface area contributed by atoms with Crippen LogP contribution in [0.1, 0.15) is 118 Å². The van der Waals surface area contributed by atoms with Crippen molar-refractivity contribution in [2.75, 3.05) is 7.11 Å². The summed E-state index contributed by atoms with van der Waals surface area (Å²) >= 11 is 0. The molecule has 10 atom stereocenters. The van der Waals surface area contributed by atoms with Crippen molar-refractivity contribution in [3.05, 3.63) is 42.0 Å². The average molecular weight is 618 g/mol. The second-order valence-corrected chi connectivity index (χ2v) is 17.3. The van der Waals surface area contributed by atoms with Gasteiger partial charge in [0.1, 0.15) is 11.9 Å². The predicted octanol–water partition coefficient (Wildman–Crippen LogP) is 8.90. The largest absolute Gasteiger partial charge is 0.496 e. The predicted molar refractivity (Wildman–Crippen MR) is 179 cm³/mol. The highest BCUT2D eigenvalue weighted by atomic mass is 16.5. The van der Waals surface area contributed by atoms with Gasteiger partial charge in [-0.15, -0.1) is 0 Å². The fraction of sp³-hybridized carbons (Fsp3) is 0.750. The van der Waals surface area contributed by atoms with Crippen LogP contribution in [0.15, 0.2) is 36.4 Å². The summed E-state index contributed by atoms with van der Waals surface area (Å²) in [4.78, 5) is 26.5. The number of hydrogen-bond acceptors (Lipinski definition) is 4. The van der Waals surface area contributed by atoms with Crippen LogP contribution in [0, 0.1) is 56.7 Å². The Hall–Kier alpha value is -2.30. The van der Waals surface area contributed by atoms with Crippen molar-refractivity contribution in [2.24, 2.45) is 56.7 Å². The van der Waals surface area contributed by atoms with Gasteiger partial charge in [0, 0.05) is 24.4 Å². The molecule has 5 saturated carbocycles. The molecule has 248 valence electrons. The minimum Gasteiger partial charge on any atom is -0.496 e. The van der Waals surface area contributed by atoms with E-state index in [-0.39, 0.29) is 45.1 Å². The third-order valence-corrected chi connectivity index (χ3v) is 15.4. The van der Waals surface area contributed by atoms with Crippen LogP contribution in [0.5, 0.6) is 5.75 Å². The Balaban J connectivity index is 1.31. The van der Waals surface area contributed by atoms with Gasteiger partial charge in [-0.25, -0.2) is 0 Å². The van der Waals surface area contributed by atoms with Crippen LogP contribution in [0.2, 0.25) is 0 Å². The second kappa shape index (κ2) is 11.2. The SMILES string of the molecule is C=C(C)[C@@H]1CC[C@]2(C(=O)NCc3ccccc3OC)CC[C@]3(C)[C@H](CCC4[C@@]5(C)CC[C@H](OC(C)=O)C(C)(C)C5CC[C@]43C)[C@@H]12. The normalized spacial score (nSPS) is 43.1. The third kappa shape index (κ3) is 4.66. The van der Waals surface area contributed by atoms with Crippen molar-refractivity contribution < 1.29 is 19.1 Å². The summed E-state index contributed by atoms with van der Waals surface area (Å²) in [5, 5.41) is 3.42. The first-order valence-corrected chi connectivity index (χ1v) is 17.9. The van der Waals surface area contributed by atoms with Crippen molar-refractivity contribution in [3.8, 4) is 5.75 Å². The summed E-state index contributed by atoms with van der Waals surface area (Å²) in [5.74, 6) is 3.36. The molecular weight excluding hydrogens is 558 g/mol. The Labute approximate surface area is 272 Å². The molecule has 1 N–H and O–H groups in total. The number of nitrogens with one attached hydrogen (secondary N) is 1. The highest BCUT2D eigenvalue weighted by Gasteiger charge is 2.72. The number of amides is 1. The van der Waals surface area contributed by atoms with Crippen molar-refractivity contribution in [2.45, 2.75) is 125 Å². The van der Waals surface area contributed by atoms with E-state index in [1.807, 2.05) is 18.2 Å². The van der Waals surface area contributed by atoms with E-state index in [1.165, 1.54) is 31.3 Å². The van der Waals surface area contributed by atoms with E-state index in [2.05, 4.69) is 59.5 Å². The van der Waals surface area contributed by atoms with Gasteiger partial charge < -0.3 is 14.8 Å². The van der Waals surface area contributed by atoms with Gasteiger partial charge in [-0.05, 0) is 123 Å². The number of carbonyl (C=O) groups is 2. The summed E-state index contributed by atoms with van der Waals surface area (Å²) in [6.45, 7) is 21.4. The molecule has 0 aliphatic heterocycles. The van der Waals surface area contributed by atoms with E-state index in [0.29, 0.717) is 36.1 Å². The van der Waals surface area contributed by atoms with Crippen LogP contribution in [-0.4, -0.2) is 25.1 Å². The average Bonchev–Trinajstić information content (AvgIpc) is 3.39. The van der Waals surface area contributed by atoms with Gasteiger partial charge in [0.15, 0.2) is 0 Å². The molecule has 5 aliphatic carbocycles. The van der Waals surface area contributed by atoms with Crippen molar-refractivity contribution in [3.63, 3.8) is 0 Å². The summed E-state index contributed by atoms with van der Waals surface area (Å²) in [6.07, 6.45) is 11.1. The summed E-state index contributed by atoms with van der Waals surface area (Å²) in [6, 6.07) is 8.02. The van der Waals surface area contributed by atoms with E-state index in [1.54, 1.807) is 14.0 Å². The molecule has 5 heteroatoms. The smallest absolute Gasteiger partial charge is 0.302 e. The van der Waals surface area contributed by atoms with Crippen LogP contribution in [0.25, 0.3) is 0 Å². The molecule has 0 spiro atoms. The molecule has 0 heterocycles. The number of esters is 1. The number of allylic oxidation sites excluding steroid dienone is 1. The summed E-state index contributed by atoms with van der Waals surface area (Å²) < 4.78 is 11.5. The summed E-state index contributed by atoms with van der Waals surface area (Å²) in [5.41, 5.74) is 2.55. The van der Waals surface area contributed by atoms with Gasteiger partial charge in [-0.1, -0.05) is 65.0 Å². The van der Waals surface area contributed by atoms with E-state index in [4.69, 9.17) is 9.47 Å². The molecule has 5 nitrogen and oxygen atoms in total. The molecule has 1 aromatic rings. The van der Waals surface area contributed by atoms with Crippen LogP contribution in [0.3, 0.4) is 0 Å². The number of benzene rings is 1. The number of para-hydroxylation sites is 1. The zero-order valence-corrected chi connectivity index (χ0v) is 29.4. The number of carbonyl (C=O) groups excluding carboxylic acids is 2. The summed E-state index contributed by atoms with van der Waals surface area (Å²) in [7, 11) is 1.70. The van der Waals surface area contributed by atoms with E-state index < -0.39 is 0 Å². The van der Waals surface area contributed by atoms with Gasteiger partial charge in [-0.3, -0.25) is 9.59 Å². The Kier molecular flexibility index (Phi) is 8.09. The molecule has 1 aromatic carbocycles. The zero-order valence-electron chi connectivity index (χ0n) is 29.4. The zero-order chi connectivity index (χ0) is 32.6. The van der Waals surface area contributed by atoms with Gasteiger partial charge in [0.05, 0.1) is 12.5 Å². The standard InChI is InChI=1S/C40H59NO4/c1-25(2)28-16-21-40(35(43)41-24-27-12-10-11-13-30(27)44-9)23-22-38(7)29(34(28)40)14-15-32-37(6)19-18-33(45-26(3)42)36(4,5)31(37)17-20-39(32,38)8/h10-13,28-29,31-34H,1,14-24H2,2-9H3,(H,41,43)/t28-,29+,31?,32?,33-,34+,37-,38+,39+,40-/m0/s1. The van der Waals surface area contributed by atoms with Gasteiger partial charge in [-0.2, -0.15) is 0 Å². The van der Waals surface area contributed by atoms with Crippen LogP contribution >= 0.6 is 0 Å². The number of ether oxygens (including phenoxy) is 2. The maximum absolute atomic E-state index is 14.5. The molecule has 0 aromatic heterocycles. The van der Waals surface area contributed by atoms with Gasteiger partial charge in [0.2, 0.25) is 5.91 Å². The number of methoxy groups -OCH3 is 1. The lowest BCUT2D eigenvalue weighted by Crippen LogP contribution is -2.67. The first kappa shape index (κ1) is 32.6. The van der Waals surface area contributed by atoms with Crippen LogP contribution < -0.4 is 10.1 Å². The molecule has 0 saturated heterocycles. The lowest BCUT2D eigenvalue weighted by Gasteiger charge is -2.72. The topological polar surface area (TPSA) is 64.6 Å². The van der Waals surface area contributed by atoms with Gasteiger partial charge >= 0.3 is 5.97 Å². The van der Waals surface area contributed by atoms with Crippen molar-refractivity contribution in [1.82, 2.24) is 5.32 Å². The number of hydrogen-bond donors (Lipinski definition) is 1. The minimum atomic E-state index is -0.329. The minimum absolute atomic E-state index is 0.00355. The Bertz CT molecular complexity index is 1350. The van der Waals surface area contributed by atoms with E-state index in [0.717, 1.165) is 49.8 Å². The maximum atomic E-state index is 14.5. The quantitative estimate of drug-likeness (QED) is 0.256. The molecule has 5 aliphatic rings. The maximum Gasteiger partial charge on any atom is 0.302 e. The van der Waals surface area contributed by atoms with Crippen LogP contribution in [-0.2, 0) is 20.9 Å². The Morgan fingerprint density at radius 3 is 2.29 bits per heavy atom. The molecule has 6 rings (SSSR count). The molecule has 1 amide bonds. The van der Waals surface area contributed by atoms with E-state index in [9.17, 15) is 9.59 Å². The molecule has 0 radical (unpaired) electrons. The number of rotatable bonds is 6. The lowest BCUT2D eigenvalue weighted by atomic mass is 9.32. The molecule has 5 fully saturated rings. The molecule has 0 bridgehead atoms. The van der Waals surface area contributed by atoms with Crippen molar-refractivity contribution >= 4 is 11.9 Å². The Morgan fingerprint density at radius 2 is 1.60 bits per heavy atom. The molecule has 2 unspecified atom stereocenters. The second-order valence-electron chi connectivity index (χ2n) is 17.3. The first-order valence-electron chi connectivity index (χ1n) is 17.9. The Morgan fingerprint density at radius 1 is 0.867 bits per heavy atom. The monoisotopic (exact) mass is 617 g/mol. The highest BCUT2D eigenvalue weighted by Crippen LogP contribution is 2.77. The fourth-order valence-electron chi connectivity index (χ4n) is 13.1. The highest BCUT2D eigenvalue weighted by molar-refractivity contribution is 5.84. The van der Waals surface area contributed by atoms with E-state index >= 15 is 0 Å². The molecular formula is C40H59NO4. The van der Waals surface area contributed by atoms with Crippen molar-refractivity contribution in [1.29, 1.82) is 0 Å². The lowest BCUT2D eigenvalue weighted by molar-refractivity contribution is -0.248. The van der Waals surface area contributed by atoms with Crippen LogP contribution in [0.4, 0.5) is 0 Å². The van der Waals surface area contributed by atoms with Gasteiger partial charge in [0.25, 0.3) is 0 Å².